The highest BCUT2D eigenvalue weighted by atomic mass is 16.5. The predicted octanol–water partition coefficient (Wildman–Crippen LogP) is 2.96. The number of hydrogen-bond acceptors (Lipinski definition) is 3. The Morgan fingerprint density at radius 3 is 2.72 bits per heavy atom. The van der Waals surface area contributed by atoms with Gasteiger partial charge in [-0.15, -0.1) is 0 Å². The monoisotopic (exact) mass is 333 g/mol. The molecule has 4 rings (SSSR count). The van der Waals surface area contributed by atoms with E-state index in [0.717, 1.165) is 22.2 Å². The van der Waals surface area contributed by atoms with Gasteiger partial charge in [0.2, 0.25) is 0 Å². The fourth-order valence-electron chi connectivity index (χ4n) is 3.08. The van der Waals surface area contributed by atoms with Gasteiger partial charge < -0.3 is 14.6 Å². The maximum Gasteiger partial charge on any atom is 0.254 e. The number of nitrogens with zero attached hydrogens (tertiary/aromatic N) is 2. The van der Waals surface area contributed by atoms with Crippen LogP contribution in [0.1, 0.15) is 11.1 Å². The van der Waals surface area contributed by atoms with Gasteiger partial charge in [-0.25, -0.2) is 4.98 Å². The number of nitrogens with one attached hydrogen (secondary N) is 1. The number of amides is 1. The Bertz CT molecular complexity index is 909. The van der Waals surface area contributed by atoms with Crippen molar-refractivity contribution in [3.8, 4) is 0 Å². The van der Waals surface area contributed by atoms with Gasteiger partial charge in [-0.1, -0.05) is 30.3 Å². The average molecular weight is 333 g/mol. The highest BCUT2D eigenvalue weighted by Gasteiger charge is 2.22. The summed E-state index contributed by atoms with van der Waals surface area (Å²) in [5.74, 6) is 0.0349. The number of fused-ring (bicyclic) bond motifs is 1. The molecule has 1 aromatic carbocycles. The molecule has 0 radical (unpaired) electrons. The van der Waals surface area contributed by atoms with Crippen molar-refractivity contribution in [2.45, 2.75) is 0 Å². The van der Waals surface area contributed by atoms with Crippen LogP contribution in [-0.4, -0.2) is 47.1 Å². The number of pyridine rings is 1. The van der Waals surface area contributed by atoms with Crippen LogP contribution in [0.15, 0.2) is 54.9 Å². The normalized spacial score (nSPS) is 15.5. The minimum absolute atomic E-state index is 0.0349. The van der Waals surface area contributed by atoms with Crippen LogP contribution >= 0.6 is 0 Å². The van der Waals surface area contributed by atoms with Gasteiger partial charge in [-0.3, -0.25) is 4.79 Å². The van der Waals surface area contributed by atoms with E-state index in [1.165, 1.54) is 0 Å². The molecule has 0 bridgehead atoms. The van der Waals surface area contributed by atoms with Crippen molar-refractivity contribution in [2.24, 2.45) is 0 Å². The first-order chi connectivity index (χ1) is 12.3. The van der Waals surface area contributed by atoms with Crippen LogP contribution in [0.2, 0.25) is 0 Å². The lowest BCUT2D eigenvalue weighted by Gasteiger charge is -2.28. The third-order valence-corrected chi connectivity index (χ3v) is 4.40. The summed E-state index contributed by atoms with van der Waals surface area (Å²) in [6.45, 7) is 2.42. The zero-order chi connectivity index (χ0) is 17.1. The lowest BCUT2D eigenvalue weighted by atomic mass is 10.0. The third-order valence-electron chi connectivity index (χ3n) is 4.40. The number of aromatic amines is 1. The number of hydrogen-bond donors (Lipinski definition) is 1. The van der Waals surface area contributed by atoms with Gasteiger partial charge in [0.15, 0.2) is 0 Å². The van der Waals surface area contributed by atoms with E-state index >= 15 is 0 Å². The first kappa shape index (κ1) is 15.6. The zero-order valence-corrected chi connectivity index (χ0v) is 13.8. The standard InChI is InChI=1S/C20H19N3O2/c24-20(23-9-11-25-12-10-23)18(15-5-2-1-3-6-15)13-16-14-22-19-17(16)7-4-8-21-19/h1-8,13-14H,9-12H2,(H,21,22)/b18-13+. The van der Waals surface area contributed by atoms with Crippen LogP contribution in [0, 0.1) is 0 Å². The van der Waals surface area contributed by atoms with Crippen LogP contribution in [-0.2, 0) is 9.53 Å². The molecule has 3 heterocycles. The number of H-pyrrole nitrogens is 1. The second-order valence-electron chi connectivity index (χ2n) is 5.97. The molecule has 1 aliphatic heterocycles. The molecule has 0 saturated carbocycles. The maximum absolute atomic E-state index is 13.1. The number of morpholine rings is 1. The second kappa shape index (κ2) is 6.91. The van der Waals surface area contributed by atoms with Gasteiger partial charge in [0.25, 0.3) is 5.91 Å². The number of ether oxygens (including phenoxy) is 1. The van der Waals surface area contributed by atoms with Crippen molar-refractivity contribution in [1.29, 1.82) is 0 Å². The highest BCUT2D eigenvalue weighted by molar-refractivity contribution is 6.24. The highest BCUT2D eigenvalue weighted by Crippen LogP contribution is 2.25. The molecule has 126 valence electrons. The summed E-state index contributed by atoms with van der Waals surface area (Å²) in [4.78, 5) is 22.5. The fraction of sp³-hybridized carbons (Fsp3) is 0.200. The number of aromatic nitrogens is 2. The van der Waals surface area contributed by atoms with E-state index in [-0.39, 0.29) is 5.91 Å². The molecular formula is C20H19N3O2. The Labute approximate surface area is 145 Å². The molecule has 0 unspecified atom stereocenters. The van der Waals surface area contributed by atoms with E-state index in [2.05, 4.69) is 9.97 Å². The summed E-state index contributed by atoms with van der Waals surface area (Å²) in [5.41, 5.74) is 3.38. The van der Waals surface area contributed by atoms with Crippen LogP contribution in [0.3, 0.4) is 0 Å². The Kier molecular flexibility index (Phi) is 4.31. The van der Waals surface area contributed by atoms with E-state index in [1.54, 1.807) is 6.20 Å². The van der Waals surface area contributed by atoms with Gasteiger partial charge in [0, 0.05) is 42.0 Å². The average Bonchev–Trinajstić information content (AvgIpc) is 3.10. The Balaban J connectivity index is 1.78. The largest absolute Gasteiger partial charge is 0.378 e. The summed E-state index contributed by atoms with van der Waals surface area (Å²) in [7, 11) is 0. The van der Waals surface area contributed by atoms with Crippen LogP contribution in [0.4, 0.5) is 0 Å². The Morgan fingerprint density at radius 1 is 1.12 bits per heavy atom. The zero-order valence-electron chi connectivity index (χ0n) is 13.8. The van der Waals surface area contributed by atoms with Crippen LogP contribution in [0.5, 0.6) is 0 Å². The fourth-order valence-corrected chi connectivity index (χ4v) is 3.08. The number of benzene rings is 1. The Hall–Kier alpha value is -2.92. The van der Waals surface area contributed by atoms with Crippen molar-refractivity contribution in [3.63, 3.8) is 0 Å². The summed E-state index contributed by atoms with van der Waals surface area (Å²) < 4.78 is 5.37. The van der Waals surface area contributed by atoms with E-state index < -0.39 is 0 Å². The first-order valence-electron chi connectivity index (χ1n) is 8.39. The van der Waals surface area contributed by atoms with E-state index in [0.29, 0.717) is 31.9 Å². The quantitative estimate of drug-likeness (QED) is 0.750. The molecule has 1 aliphatic rings. The molecule has 2 aromatic heterocycles. The summed E-state index contributed by atoms with van der Waals surface area (Å²) in [6.07, 6.45) is 5.60. The van der Waals surface area contributed by atoms with Gasteiger partial charge in [-0.2, -0.15) is 0 Å². The molecule has 1 N–H and O–H groups in total. The molecule has 3 aromatic rings. The molecule has 0 spiro atoms. The van der Waals surface area contributed by atoms with E-state index in [4.69, 9.17) is 4.74 Å². The molecule has 5 heteroatoms. The lowest BCUT2D eigenvalue weighted by Crippen LogP contribution is -2.41. The van der Waals surface area contributed by atoms with Crippen molar-refractivity contribution in [3.05, 3.63) is 66.0 Å². The molecule has 1 fully saturated rings. The van der Waals surface area contributed by atoms with E-state index in [9.17, 15) is 4.79 Å². The minimum atomic E-state index is 0.0349. The molecule has 0 atom stereocenters. The van der Waals surface area contributed by atoms with Crippen LogP contribution in [0.25, 0.3) is 22.7 Å². The van der Waals surface area contributed by atoms with Crippen molar-refractivity contribution in [1.82, 2.24) is 14.9 Å². The summed E-state index contributed by atoms with van der Waals surface area (Å²) in [6, 6.07) is 13.7. The van der Waals surface area contributed by atoms with Crippen molar-refractivity contribution in [2.75, 3.05) is 26.3 Å². The second-order valence-corrected chi connectivity index (χ2v) is 5.97. The van der Waals surface area contributed by atoms with Gasteiger partial charge in [0.05, 0.1) is 13.2 Å². The van der Waals surface area contributed by atoms with E-state index in [1.807, 2.05) is 59.6 Å². The number of rotatable bonds is 3. The van der Waals surface area contributed by atoms with Crippen LogP contribution < -0.4 is 0 Å². The summed E-state index contributed by atoms with van der Waals surface area (Å²) >= 11 is 0. The topological polar surface area (TPSA) is 58.2 Å². The van der Waals surface area contributed by atoms with Gasteiger partial charge >= 0.3 is 0 Å². The third kappa shape index (κ3) is 3.19. The van der Waals surface area contributed by atoms with Crippen molar-refractivity contribution >= 4 is 28.6 Å². The molecule has 0 aliphatic carbocycles. The molecule has 1 amide bonds. The van der Waals surface area contributed by atoms with Crippen molar-refractivity contribution < 1.29 is 9.53 Å². The number of carbonyl (C=O) groups is 1. The lowest BCUT2D eigenvalue weighted by molar-refractivity contribution is -0.128. The SMILES string of the molecule is O=C(/C(=C/c1c[nH]c2ncccc12)c1ccccc1)N1CCOCC1. The molecule has 25 heavy (non-hydrogen) atoms. The van der Waals surface area contributed by atoms with Gasteiger partial charge in [0.1, 0.15) is 5.65 Å². The minimum Gasteiger partial charge on any atom is -0.378 e. The predicted molar refractivity (Wildman–Crippen MR) is 97.8 cm³/mol. The molecule has 5 nitrogen and oxygen atoms in total. The molecular weight excluding hydrogens is 314 g/mol. The summed E-state index contributed by atoms with van der Waals surface area (Å²) in [5, 5.41) is 1.01. The Morgan fingerprint density at radius 2 is 1.92 bits per heavy atom. The number of carbonyl (C=O) groups excluding carboxylic acids is 1. The maximum atomic E-state index is 13.1. The van der Waals surface area contributed by atoms with Gasteiger partial charge in [-0.05, 0) is 23.8 Å². The smallest absolute Gasteiger partial charge is 0.254 e. The first-order valence-corrected chi connectivity index (χ1v) is 8.39. The molecule has 1 saturated heterocycles.